The average molecular weight is 449 g/mol. The zero-order valence-corrected chi connectivity index (χ0v) is 18.2. The van der Waals surface area contributed by atoms with Crippen LogP contribution in [0.4, 0.5) is 0 Å². The maximum absolute atomic E-state index is 5.88. The van der Waals surface area contributed by atoms with Gasteiger partial charge in [0, 0.05) is 0 Å². The first-order valence-electron chi connectivity index (χ1n) is 9.24. The van der Waals surface area contributed by atoms with Crippen LogP contribution in [0.1, 0.15) is 0 Å². The van der Waals surface area contributed by atoms with E-state index >= 15 is 0 Å². The molecule has 0 aliphatic rings. The minimum absolute atomic E-state index is 0.883. The van der Waals surface area contributed by atoms with Crippen LogP contribution in [0.2, 0.25) is 0 Å². The second-order valence-electron chi connectivity index (χ2n) is 6.69. The summed E-state index contributed by atoms with van der Waals surface area (Å²) in [4.78, 5) is 0. The molecule has 0 aromatic heterocycles. The molecule has 0 saturated heterocycles. The molecule has 0 saturated carbocycles. The maximum atomic E-state index is 5.88. The molecule has 0 N–H and O–H groups in total. The van der Waals surface area contributed by atoms with E-state index in [0.717, 1.165) is 5.75 Å². The van der Waals surface area contributed by atoms with E-state index in [1.165, 1.54) is 21.2 Å². The Morgan fingerprint density at radius 2 is 0.893 bits per heavy atom. The standard InChI is InChI=1S/C25H22BrOP/c1-27-24-19-11-12-20-25(24)28(26,21-13-5-2-6-14-21,22-15-7-3-8-16-22)23-17-9-4-10-18-23/h2-20H,1H3. The van der Waals surface area contributed by atoms with Gasteiger partial charge in [-0.25, -0.2) is 0 Å². The van der Waals surface area contributed by atoms with Gasteiger partial charge in [-0.05, 0) is 0 Å². The normalized spacial score (nSPS) is 12.7. The molecule has 0 heterocycles. The third kappa shape index (κ3) is 2.71. The number of hydrogen-bond acceptors (Lipinski definition) is 1. The first-order chi connectivity index (χ1) is 13.7. The molecule has 3 heteroatoms. The molecule has 28 heavy (non-hydrogen) atoms. The molecule has 0 aliphatic heterocycles. The van der Waals surface area contributed by atoms with Crippen molar-refractivity contribution in [2.75, 3.05) is 7.11 Å². The van der Waals surface area contributed by atoms with Gasteiger partial charge in [0.05, 0.1) is 0 Å². The Morgan fingerprint density at radius 3 is 1.29 bits per heavy atom. The average Bonchev–Trinajstić information content (AvgIpc) is 2.80. The van der Waals surface area contributed by atoms with Crippen LogP contribution < -0.4 is 26.0 Å². The van der Waals surface area contributed by atoms with Crippen LogP contribution in [-0.2, 0) is 0 Å². The van der Waals surface area contributed by atoms with Gasteiger partial charge in [0.1, 0.15) is 0 Å². The van der Waals surface area contributed by atoms with Gasteiger partial charge in [-0.1, -0.05) is 0 Å². The van der Waals surface area contributed by atoms with Gasteiger partial charge in [0.15, 0.2) is 0 Å². The fraction of sp³-hybridized carbons (Fsp3) is 0.0400. The third-order valence-corrected chi connectivity index (χ3v) is 15.2. The summed E-state index contributed by atoms with van der Waals surface area (Å²) in [6.45, 7) is 0. The van der Waals surface area contributed by atoms with Crippen molar-refractivity contribution in [1.82, 2.24) is 0 Å². The van der Waals surface area contributed by atoms with Crippen molar-refractivity contribution in [2.45, 2.75) is 0 Å². The van der Waals surface area contributed by atoms with Gasteiger partial charge in [-0.3, -0.25) is 0 Å². The molecule has 4 aromatic carbocycles. The summed E-state index contributed by atoms with van der Waals surface area (Å²) in [5.74, 6) is 0.883. The first-order valence-corrected chi connectivity index (χ1v) is 13.5. The predicted octanol–water partition coefficient (Wildman–Crippen LogP) is 5.16. The Labute approximate surface area is 174 Å². The fourth-order valence-corrected chi connectivity index (χ4v) is 11.8. The van der Waals surface area contributed by atoms with Crippen LogP contribution in [0, 0.1) is 0 Å². The topological polar surface area (TPSA) is 9.23 Å². The number of ether oxygens (including phenoxy) is 1. The number of benzene rings is 4. The van der Waals surface area contributed by atoms with Crippen molar-refractivity contribution in [3.63, 3.8) is 0 Å². The van der Waals surface area contributed by atoms with E-state index in [2.05, 4.69) is 119 Å². The predicted molar refractivity (Wildman–Crippen MR) is 127 cm³/mol. The molecule has 0 spiro atoms. The second-order valence-corrected chi connectivity index (χ2v) is 15.0. The summed E-state index contributed by atoms with van der Waals surface area (Å²) in [5, 5.41) is 1.70. The third-order valence-electron chi connectivity index (χ3n) is 5.26. The molecule has 0 aliphatic carbocycles. The molecule has 0 radical (unpaired) electrons. The van der Waals surface area contributed by atoms with Crippen molar-refractivity contribution in [2.24, 2.45) is 0 Å². The van der Waals surface area contributed by atoms with Crippen LogP contribution in [0.5, 0.6) is 5.75 Å². The van der Waals surface area contributed by atoms with Crippen LogP contribution in [-0.4, -0.2) is 7.11 Å². The Balaban J connectivity index is 2.26. The molecular formula is C25H22BrOP. The van der Waals surface area contributed by atoms with Crippen LogP contribution in [0.25, 0.3) is 0 Å². The minimum atomic E-state index is -3.20. The van der Waals surface area contributed by atoms with Crippen molar-refractivity contribution < 1.29 is 4.74 Å². The summed E-state index contributed by atoms with van der Waals surface area (Å²) in [7, 11) is 1.74. The molecular weight excluding hydrogens is 427 g/mol. The number of methoxy groups -OCH3 is 1. The summed E-state index contributed by atoms with van der Waals surface area (Å²) in [6, 6.07) is 40.5. The van der Waals surface area contributed by atoms with Crippen LogP contribution in [0.3, 0.4) is 0 Å². The van der Waals surface area contributed by atoms with E-state index in [-0.39, 0.29) is 0 Å². The summed E-state index contributed by atoms with van der Waals surface area (Å²) < 4.78 is 5.88. The van der Waals surface area contributed by atoms with Gasteiger partial charge in [-0.15, -0.1) is 0 Å². The second kappa shape index (κ2) is 7.54. The van der Waals surface area contributed by atoms with E-state index in [1.54, 1.807) is 7.11 Å². The van der Waals surface area contributed by atoms with E-state index in [0.29, 0.717) is 0 Å². The number of para-hydroxylation sites is 1. The Bertz CT molecular complexity index is 966. The fourth-order valence-electron chi connectivity index (χ4n) is 3.96. The van der Waals surface area contributed by atoms with Crippen LogP contribution >= 0.6 is 20.8 Å². The molecule has 0 fully saturated rings. The van der Waals surface area contributed by atoms with Crippen molar-refractivity contribution in [3.8, 4) is 5.75 Å². The van der Waals surface area contributed by atoms with Gasteiger partial charge >= 0.3 is 175 Å². The molecule has 0 bridgehead atoms. The summed E-state index contributed by atoms with van der Waals surface area (Å²) >= 11 is 4.47. The Kier molecular flexibility index (Phi) is 5.10. The van der Waals surface area contributed by atoms with Gasteiger partial charge in [0.25, 0.3) is 0 Å². The van der Waals surface area contributed by atoms with E-state index in [9.17, 15) is 0 Å². The Morgan fingerprint density at radius 1 is 0.536 bits per heavy atom. The van der Waals surface area contributed by atoms with E-state index in [4.69, 9.17) is 4.74 Å². The molecule has 140 valence electrons. The van der Waals surface area contributed by atoms with Gasteiger partial charge < -0.3 is 0 Å². The van der Waals surface area contributed by atoms with Gasteiger partial charge in [-0.2, -0.15) is 0 Å². The van der Waals surface area contributed by atoms with Crippen molar-refractivity contribution in [3.05, 3.63) is 115 Å². The summed E-state index contributed by atoms with van der Waals surface area (Å²) in [5.41, 5.74) is 0. The molecule has 0 amide bonds. The molecule has 4 rings (SSSR count). The van der Waals surface area contributed by atoms with Crippen molar-refractivity contribution in [1.29, 1.82) is 0 Å². The molecule has 1 nitrogen and oxygen atoms in total. The molecule has 4 aromatic rings. The number of rotatable bonds is 5. The molecule has 0 unspecified atom stereocenters. The number of hydrogen-bond donors (Lipinski definition) is 0. The van der Waals surface area contributed by atoms with E-state index in [1.807, 2.05) is 12.1 Å². The monoisotopic (exact) mass is 448 g/mol. The Hall–Kier alpha value is -2.41. The zero-order valence-electron chi connectivity index (χ0n) is 15.7. The zero-order chi connectivity index (χ0) is 19.5. The summed E-state index contributed by atoms with van der Waals surface area (Å²) in [6.07, 6.45) is 0. The van der Waals surface area contributed by atoms with Crippen LogP contribution in [0.15, 0.2) is 115 Å². The number of halogens is 1. The quantitative estimate of drug-likeness (QED) is 0.383. The first kappa shape index (κ1) is 18.9. The van der Waals surface area contributed by atoms with Gasteiger partial charge in [0.2, 0.25) is 0 Å². The van der Waals surface area contributed by atoms with Crippen molar-refractivity contribution >= 4 is 42.0 Å². The SMILES string of the molecule is COc1ccccc1P(Br)(c1ccccc1)(c1ccccc1)c1ccccc1. The van der Waals surface area contributed by atoms with E-state index < -0.39 is 5.31 Å². The molecule has 0 atom stereocenters.